The molecule has 0 amide bonds. The minimum absolute atomic E-state index is 0.0161. The number of pyridine rings is 1. The van der Waals surface area contributed by atoms with Gasteiger partial charge >= 0.3 is 17.1 Å². The van der Waals surface area contributed by atoms with Crippen LogP contribution in [0.2, 0.25) is 26.2 Å². The Labute approximate surface area is 128 Å². The van der Waals surface area contributed by atoms with E-state index in [1.807, 2.05) is 12.3 Å². The van der Waals surface area contributed by atoms with Crippen molar-refractivity contribution < 1.29 is 17.7 Å². The largest absolute Gasteiger partial charge is 0.415 e. The Bertz CT molecular complexity index is 497. The van der Waals surface area contributed by atoms with Crippen molar-refractivity contribution in [2.75, 3.05) is 6.61 Å². The van der Waals surface area contributed by atoms with Crippen molar-refractivity contribution >= 4 is 17.1 Å². The summed E-state index contributed by atoms with van der Waals surface area (Å²) in [5, 5.41) is 0. The zero-order valence-corrected chi connectivity index (χ0v) is 15.0. The Morgan fingerprint density at radius 2 is 1.95 bits per heavy atom. The molecule has 5 nitrogen and oxygen atoms in total. The van der Waals surface area contributed by atoms with Crippen LogP contribution in [-0.2, 0) is 17.7 Å². The van der Waals surface area contributed by atoms with E-state index in [4.69, 9.17) is 17.7 Å². The fraction of sp³-hybridized carbons (Fsp3) is 0.643. The average Bonchev–Trinajstić information content (AvgIpc) is 2.77. The molecule has 0 aliphatic carbocycles. The zero-order chi connectivity index (χ0) is 15.1. The van der Waals surface area contributed by atoms with Crippen molar-refractivity contribution in [1.82, 2.24) is 4.98 Å². The third kappa shape index (κ3) is 3.61. The molecular formula is C14H23NO4Si2. The second-order valence-electron chi connectivity index (χ2n) is 6.55. The predicted molar refractivity (Wildman–Crippen MR) is 83.3 cm³/mol. The van der Waals surface area contributed by atoms with Gasteiger partial charge in [0, 0.05) is 18.8 Å². The van der Waals surface area contributed by atoms with Gasteiger partial charge in [0.15, 0.2) is 0 Å². The van der Waals surface area contributed by atoms with Crippen LogP contribution in [0.5, 0.6) is 0 Å². The molecule has 0 N–H and O–H groups in total. The number of rotatable bonds is 1. The van der Waals surface area contributed by atoms with E-state index in [1.54, 1.807) is 6.20 Å². The van der Waals surface area contributed by atoms with Gasteiger partial charge in [0.25, 0.3) is 0 Å². The van der Waals surface area contributed by atoms with Gasteiger partial charge in [-0.25, -0.2) is 0 Å². The molecule has 0 aromatic carbocycles. The van der Waals surface area contributed by atoms with Gasteiger partial charge in [-0.3, -0.25) is 4.98 Å². The van der Waals surface area contributed by atoms with E-state index >= 15 is 0 Å². The monoisotopic (exact) mass is 325 g/mol. The summed E-state index contributed by atoms with van der Waals surface area (Å²) in [6.07, 6.45) is 4.54. The third-order valence-electron chi connectivity index (χ3n) is 3.78. The predicted octanol–water partition coefficient (Wildman–Crippen LogP) is 2.75. The van der Waals surface area contributed by atoms with Crippen LogP contribution >= 0.6 is 0 Å². The highest BCUT2D eigenvalue weighted by atomic mass is 28.5. The summed E-state index contributed by atoms with van der Waals surface area (Å²) in [6, 6.07) is 3.99. The lowest BCUT2D eigenvalue weighted by atomic mass is 10.1. The highest BCUT2D eigenvalue weighted by Crippen LogP contribution is 2.37. The quantitative estimate of drug-likeness (QED) is 0.743. The summed E-state index contributed by atoms with van der Waals surface area (Å²) in [4.78, 5) is 4.17. The van der Waals surface area contributed by atoms with Gasteiger partial charge in [-0.15, -0.1) is 0 Å². The van der Waals surface area contributed by atoms with Gasteiger partial charge in [0.1, 0.15) is 6.10 Å². The molecular weight excluding hydrogens is 302 g/mol. The molecule has 2 aliphatic heterocycles. The first-order valence-corrected chi connectivity index (χ1v) is 13.1. The fourth-order valence-electron chi connectivity index (χ4n) is 3.06. The van der Waals surface area contributed by atoms with Gasteiger partial charge in [-0.05, 0) is 37.8 Å². The van der Waals surface area contributed by atoms with Crippen LogP contribution in [0.3, 0.4) is 0 Å². The Morgan fingerprint density at radius 3 is 2.67 bits per heavy atom. The summed E-state index contributed by atoms with van der Waals surface area (Å²) >= 11 is 0. The maximum Gasteiger partial charge on any atom is 0.323 e. The van der Waals surface area contributed by atoms with E-state index in [2.05, 4.69) is 37.2 Å². The SMILES string of the molecule is C[Si]1(C)OCC2O[C@@H](c3cccnc3)CC2O[Si](C)(C)O1. The number of hydrogen-bond donors (Lipinski definition) is 0. The lowest BCUT2D eigenvalue weighted by Gasteiger charge is -2.38. The summed E-state index contributed by atoms with van der Waals surface area (Å²) in [5.41, 5.74) is 1.10. The van der Waals surface area contributed by atoms with Crippen LogP contribution in [-0.4, -0.2) is 40.9 Å². The van der Waals surface area contributed by atoms with Gasteiger partial charge in [-0.1, -0.05) is 6.07 Å². The van der Waals surface area contributed by atoms with Crippen molar-refractivity contribution in [2.24, 2.45) is 0 Å². The third-order valence-corrected chi connectivity index (χ3v) is 9.44. The fourth-order valence-corrected chi connectivity index (χ4v) is 9.77. The maximum atomic E-state index is 6.32. The first kappa shape index (κ1) is 15.3. The molecule has 0 radical (unpaired) electrons. The van der Waals surface area contributed by atoms with Crippen molar-refractivity contribution in [1.29, 1.82) is 0 Å². The first-order valence-electron chi connectivity index (χ1n) is 7.42. The summed E-state index contributed by atoms with van der Waals surface area (Å²) in [5.74, 6) is 0. The van der Waals surface area contributed by atoms with Crippen LogP contribution in [0.1, 0.15) is 18.1 Å². The smallest absolute Gasteiger partial charge is 0.323 e. The molecule has 1 aromatic heterocycles. The Balaban J connectivity index is 1.77. The molecule has 21 heavy (non-hydrogen) atoms. The minimum Gasteiger partial charge on any atom is -0.415 e. The minimum atomic E-state index is -2.18. The number of nitrogens with zero attached hydrogens (tertiary/aromatic N) is 1. The van der Waals surface area contributed by atoms with Crippen LogP contribution in [0.25, 0.3) is 0 Å². The van der Waals surface area contributed by atoms with Gasteiger partial charge in [0.2, 0.25) is 0 Å². The molecule has 7 heteroatoms. The molecule has 2 fully saturated rings. The van der Waals surface area contributed by atoms with Crippen molar-refractivity contribution in [3.05, 3.63) is 30.1 Å². The highest BCUT2D eigenvalue weighted by molar-refractivity contribution is 6.78. The second kappa shape index (κ2) is 5.56. The Hall–Kier alpha value is -0.576. The van der Waals surface area contributed by atoms with E-state index in [9.17, 15) is 0 Å². The van der Waals surface area contributed by atoms with Crippen molar-refractivity contribution in [3.63, 3.8) is 0 Å². The maximum absolute atomic E-state index is 6.32. The Kier molecular flexibility index (Phi) is 4.06. The van der Waals surface area contributed by atoms with Crippen molar-refractivity contribution in [2.45, 2.75) is 50.9 Å². The van der Waals surface area contributed by atoms with Crippen molar-refractivity contribution in [3.8, 4) is 0 Å². The summed E-state index contributed by atoms with van der Waals surface area (Å²) in [7, 11) is -4.31. The van der Waals surface area contributed by atoms with E-state index in [-0.39, 0.29) is 18.3 Å². The molecule has 1 aromatic rings. The Morgan fingerprint density at radius 1 is 1.14 bits per heavy atom. The van der Waals surface area contributed by atoms with Gasteiger partial charge in [0.05, 0.1) is 18.8 Å². The standard InChI is InChI=1S/C14H23NO4Si2/c1-20(2)16-10-14-13(18-21(3,4)19-20)8-12(17-14)11-6-5-7-15-9-11/h5-7,9,12-14H,8,10H2,1-4H3/t12-,13?,14?/m1/s1. The molecule has 116 valence electrons. The van der Waals surface area contributed by atoms with Gasteiger partial charge in [-0.2, -0.15) is 0 Å². The van der Waals surface area contributed by atoms with E-state index in [1.165, 1.54) is 0 Å². The molecule has 3 rings (SSSR count). The molecule has 0 saturated carbocycles. The molecule has 0 bridgehead atoms. The number of hydrogen-bond acceptors (Lipinski definition) is 5. The first-order chi connectivity index (χ1) is 9.85. The molecule has 0 spiro atoms. The summed E-state index contributed by atoms with van der Waals surface area (Å²) < 4.78 is 24.7. The number of aromatic nitrogens is 1. The lowest BCUT2D eigenvalue weighted by molar-refractivity contribution is -0.0319. The topological polar surface area (TPSA) is 49.8 Å². The van der Waals surface area contributed by atoms with E-state index < -0.39 is 17.1 Å². The number of fused-ring (bicyclic) bond motifs is 1. The highest BCUT2D eigenvalue weighted by Gasteiger charge is 2.47. The van der Waals surface area contributed by atoms with Crippen LogP contribution in [0, 0.1) is 0 Å². The second-order valence-corrected chi connectivity index (χ2v) is 13.5. The molecule has 2 saturated heterocycles. The van der Waals surface area contributed by atoms with Crippen LogP contribution < -0.4 is 0 Å². The van der Waals surface area contributed by atoms with E-state index in [0.717, 1.165) is 12.0 Å². The average molecular weight is 326 g/mol. The van der Waals surface area contributed by atoms with E-state index in [0.29, 0.717) is 6.61 Å². The summed E-state index contributed by atoms with van der Waals surface area (Å²) in [6.45, 7) is 8.86. The van der Waals surface area contributed by atoms with Crippen LogP contribution in [0.15, 0.2) is 24.5 Å². The zero-order valence-electron chi connectivity index (χ0n) is 13.0. The normalized spacial score (nSPS) is 34.8. The molecule has 3 heterocycles. The molecule has 2 unspecified atom stereocenters. The lowest BCUT2D eigenvalue weighted by Crippen LogP contribution is -2.55. The molecule has 3 atom stereocenters. The van der Waals surface area contributed by atoms with Gasteiger partial charge < -0.3 is 17.7 Å². The number of ether oxygens (including phenoxy) is 1. The van der Waals surface area contributed by atoms with Crippen LogP contribution in [0.4, 0.5) is 0 Å². The molecule has 2 aliphatic rings.